The molecule has 0 fully saturated rings. The van der Waals surface area contributed by atoms with Crippen molar-refractivity contribution in [3.05, 3.63) is 95.6 Å². The standard InChI is InChI=1S/C26H22N2O2/c1-2-7-23-21(4-1)20-5-3-6-22(20)26(28-23)18-9-11-19(12-10-18)27-15-17-8-13-24-25(14-17)30-16-29-24/h1-5,7-15,20,22,26,28H,6,16H2/t20-,22+,26+/m1/s1. The predicted octanol–water partition coefficient (Wildman–Crippen LogP) is 5.99. The molecule has 148 valence electrons. The molecule has 2 heterocycles. The van der Waals surface area contributed by atoms with Crippen molar-refractivity contribution >= 4 is 17.6 Å². The van der Waals surface area contributed by atoms with Gasteiger partial charge in [0.25, 0.3) is 0 Å². The average molecular weight is 394 g/mol. The Bertz CT molecular complexity index is 1150. The van der Waals surface area contributed by atoms with Gasteiger partial charge >= 0.3 is 0 Å². The number of allylic oxidation sites excluding steroid dienone is 2. The summed E-state index contributed by atoms with van der Waals surface area (Å²) in [6.45, 7) is 0.286. The Hall–Kier alpha value is -3.53. The molecule has 0 amide bonds. The first-order chi connectivity index (χ1) is 14.8. The third-order valence-corrected chi connectivity index (χ3v) is 6.28. The number of hydrogen-bond acceptors (Lipinski definition) is 4. The van der Waals surface area contributed by atoms with Gasteiger partial charge in [0, 0.05) is 17.8 Å². The monoisotopic (exact) mass is 394 g/mol. The summed E-state index contributed by atoms with van der Waals surface area (Å²) in [7, 11) is 0. The van der Waals surface area contributed by atoms with Crippen LogP contribution >= 0.6 is 0 Å². The first kappa shape index (κ1) is 17.3. The van der Waals surface area contributed by atoms with Crippen LogP contribution in [0.2, 0.25) is 0 Å². The lowest BCUT2D eigenvalue weighted by Crippen LogP contribution is -2.28. The zero-order valence-corrected chi connectivity index (χ0v) is 16.5. The number of aliphatic imine (C=N–C) groups is 1. The molecule has 2 aliphatic heterocycles. The van der Waals surface area contributed by atoms with Crippen molar-refractivity contribution < 1.29 is 9.47 Å². The SMILES string of the molecule is C1=C[C@@H]2c3ccccc3N[C@@H](c3ccc(N=Cc4ccc5c(c4)OCO5)cc3)[C@H]2C1. The summed E-state index contributed by atoms with van der Waals surface area (Å²) in [6.07, 6.45) is 7.68. The number of fused-ring (bicyclic) bond motifs is 4. The van der Waals surface area contributed by atoms with E-state index in [4.69, 9.17) is 9.47 Å². The van der Waals surface area contributed by atoms with Crippen LogP contribution in [0.1, 0.15) is 35.1 Å². The van der Waals surface area contributed by atoms with E-state index in [-0.39, 0.29) is 6.79 Å². The predicted molar refractivity (Wildman–Crippen MR) is 119 cm³/mol. The Labute approximate surface area is 175 Å². The smallest absolute Gasteiger partial charge is 0.231 e. The third kappa shape index (κ3) is 2.96. The lowest BCUT2D eigenvalue weighted by Gasteiger charge is -2.37. The van der Waals surface area contributed by atoms with Crippen LogP contribution in [0.5, 0.6) is 11.5 Å². The maximum Gasteiger partial charge on any atom is 0.231 e. The Morgan fingerprint density at radius 1 is 0.933 bits per heavy atom. The summed E-state index contributed by atoms with van der Waals surface area (Å²) in [5.41, 5.74) is 5.91. The van der Waals surface area contributed by atoms with E-state index in [1.54, 1.807) is 0 Å². The Balaban J connectivity index is 1.23. The summed E-state index contributed by atoms with van der Waals surface area (Å²) in [5, 5.41) is 3.78. The minimum atomic E-state index is 0.286. The molecule has 0 unspecified atom stereocenters. The molecular formula is C26H22N2O2. The molecule has 1 aliphatic carbocycles. The molecule has 0 spiro atoms. The summed E-state index contributed by atoms with van der Waals surface area (Å²) in [5.74, 6) is 2.62. The highest BCUT2D eigenvalue weighted by atomic mass is 16.7. The van der Waals surface area contributed by atoms with Gasteiger partial charge in [-0.05, 0) is 65.4 Å². The minimum Gasteiger partial charge on any atom is -0.454 e. The summed E-state index contributed by atoms with van der Waals surface area (Å²) < 4.78 is 10.8. The van der Waals surface area contributed by atoms with E-state index in [2.05, 4.69) is 71.0 Å². The second-order valence-electron chi connectivity index (χ2n) is 8.03. The molecule has 0 radical (unpaired) electrons. The van der Waals surface area contributed by atoms with Gasteiger partial charge in [-0.1, -0.05) is 42.5 Å². The molecule has 3 aliphatic rings. The highest BCUT2D eigenvalue weighted by Gasteiger charge is 2.37. The highest BCUT2D eigenvalue weighted by molar-refractivity contribution is 5.83. The van der Waals surface area contributed by atoms with Gasteiger partial charge in [0.2, 0.25) is 6.79 Å². The van der Waals surface area contributed by atoms with Crippen molar-refractivity contribution in [1.29, 1.82) is 0 Å². The first-order valence-electron chi connectivity index (χ1n) is 10.4. The second kappa shape index (κ2) is 7.06. The maximum absolute atomic E-state index is 5.44. The molecular weight excluding hydrogens is 372 g/mol. The second-order valence-corrected chi connectivity index (χ2v) is 8.03. The Morgan fingerprint density at radius 3 is 2.73 bits per heavy atom. The zero-order chi connectivity index (χ0) is 19.9. The molecule has 0 bridgehead atoms. The van der Waals surface area contributed by atoms with Crippen molar-refractivity contribution in [3.63, 3.8) is 0 Å². The van der Waals surface area contributed by atoms with E-state index < -0.39 is 0 Å². The molecule has 1 N–H and O–H groups in total. The van der Waals surface area contributed by atoms with Gasteiger partial charge in [0.15, 0.2) is 11.5 Å². The van der Waals surface area contributed by atoms with Gasteiger partial charge in [-0.2, -0.15) is 0 Å². The molecule has 4 heteroatoms. The van der Waals surface area contributed by atoms with Crippen molar-refractivity contribution in [2.75, 3.05) is 12.1 Å². The molecule has 30 heavy (non-hydrogen) atoms. The van der Waals surface area contributed by atoms with E-state index in [9.17, 15) is 0 Å². The third-order valence-electron chi connectivity index (χ3n) is 6.28. The van der Waals surface area contributed by atoms with Crippen LogP contribution in [0.3, 0.4) is 0 Å². The average Bonchev–Trinajstić information content (AvgIpc) is 3.47. The molecule has 3 atom stereocenters. The van der Waals surface area contributed by atoms with Crippen LogP contribution in [-0.2, 0) is 0 Å². The first-order valence-corrected chi connectivity index (χ1v) is 10.4. The summed E-state index contributed by atoms with van der Waals surface area (Å²) >= 11 is 0. The van der Waals surface area contributed by atoms with E-state index >= 15 is 0 Å². The lowest BCUT2D eigenvalue weighted by atomic mass is 9.77. The minimum absolute atomic E-state index is 0.286. The van der Waals surface area contributed by atoms with Crippen molar-refractivity contribution in [2.24, 2.45) is 10.9 Å². The summed E-state index contributed by atoms with van der Waals surface area (Å²) in [6, 6.07) is 23.5. The number of hydrogen-bond donors (Lipinski definition) is 1. The molecule has 0 saturated carbocycles. The number of nitrogens with one attached hydrogen (secondary N) is 1. The quantitative estimate of drug-likeness (QED) is 0.438. The fourth-order valence-electron chi connectivity index (χ4n) is 4.78. The van der Waals surface area contributed by atoms with E-state index in [1.165, 1.54) is 16.8 Å². The van der Waals surface area contributed by atoms with Gasteiger partial charge < -0.3 is 14.8 Å². The van der Waals surface area contributed by atoms with Crippen LogP contribution in [0, 0.1) is 5.92 Å². The van der Waals surface area contributed by atoms with Crippen LogP contribution in [0.15, 0.2) is 83.9 Å². The lowest BCUT2D eigenvalue weighted by molar-refractivity contribution is 0.174. The number of benzene rings is 3. The molecule has 0 saturated heterocycles. The largest absolute Gasteiger partial charge is 0.454 e. The Kier molecular flexibility index (Phi) is 4.08. The number of para-hydroxylation sites is 1. The molecule has 0 aromatic heterocycles. The van der Waals surface area contributed by atoms with Crippen LogP contribution in [-0.4, -0.2) is 13.0 Å². The fraction of sp³-hybridized carbons (Fsp3) is 0.192. The summed E-state index contributed by atoms with van der Waals surface area (Å²) in [4.78, 5) is 4.64. The van der Waals surface area contributed by atoms with Gasteiger partial charge in [0.05, 0.1) is 11.7 Å². The van der Waals surface area contributed by atoms with E-state index in [0.717, 1.165) is 29.2 Å². The van der Waals surface area contributed by atoms with Crippen molar-refractivity contribution in [2.45, 2.75) is 18.4 Å². The number of nitrogens with zero attached hydrogens (tertiary/aromatic N) is 1. The number of rotatable bonds is 3. The van der Waals surface area contributed by atoms with E-state index in [0.29, 0.717) is 17.9 Å². The van der Waals surface area contributed by atoms with Gasteiger partial charge in [-0.25, -0.2) is 0 Å². The normalized spacial score (nSPS) is 23.3. The highest BCUT2D eigenvalue weighted by Crippen LogP contribution is 2.49. The van der Waals surface area contributed by atoms with Gasteiger partial charge in [-0.3, -0.25) is 4.99 Å². The number of anilines is 1. The molecule has 3 aromatic rings. The van der Waals surface area contributed by atoms with Crippen LogP contribution < -0.4 is 14.8 Å². The molecule has 4 nitrogen and oxygen atoms in total. The van der Waals surface area contributed by atoms with E-state index in [1.807, 2.05) is 24.4 Å². The van der Waals surface area contributed by atoms with Gasteiger partial charge in [0.1, 0.15) is 0 Å². The Morgan fingerprint density at radius 2 is 1.80 bits per heavy atom. The van der Waals surface area contributed by atoms with Crippen LogP contribution in [0.25, 0.3) is 0 Å². The maximum atomic E-state index is 5.44. The molecule has 6 rings (SSSR count). The topological polar surface area (TPSA) is 42.9 Å². The van der Waals surface area contributed by atoms with Crippen LogP contribution in [0.4, 0.5) is 11.4 Å². The molecule has 3 aromatic carbocycles. The van der Waals surface area contributed by atoms with Crippen molar-refractivity contribution in [1.82, 2.24) is 0 Å². The van der Waals surface area contributed by atoms with Crippen molar-refractivity contribution in [3.8, 4) is 11.5 Å². The van der Waals surface area contributed by atoms with Gasteiger partial charge in [-0.15, -0.1) is 0 Å². The number of ether oxygens (including phenoxy) is 2. The zero-order valence-electron chi connectivity index (χ0n) is 16.5. The fourth-order valence-corrected chi connectivity index (χ4v) is 4.78.